The summed E-state index contributed by atoms with van der Waals surface area (Å²) in [6, 6.07) is 9.69. The van der Waals surface area contributed by atoms with E-state index in [2.05, 4.69) is 5.32 Å². The van der Waals surface area contributed by atoms with Crippen molar-refractivity contribution in [1.29, 1.82) is 0 Å². The van der Waals surface area contributed by atoms with Gasteiger partial charge in [0.05, 0.1) is 12.3 Å². The number of nitrogens with one attached hydrogen (secondary N) is 1. The van der Waals surface area contributed by atoms with E-state index in [0.29, 0.717) is 19.5 Å². The van der Waals surface area contributed by atoms with Crippen molar-refractivity contribution >= 4 is 11.8 Å². The first kappa shape index (κ1) is 12.6. The van der Waals surface area contributed by atoms with Gasteiger partial charge in [-0.25, -0.2) is 0 Å². The number of benzene rings is 1. The largest absolute Gasteiger partial charge is 0.359 e. The van der Waals surface area contributed by atoms with Crippen LogP contribution in [0, 0.1) is 5.92 Å². The van der Waals surface area contributed by atoms with Crippen LogP contribution < -0.4 is 5.32 Å². The lowest BCUT2D eigenvalue weighted by Gasteiger charge is -2.16. The van der Waals surface area contributed by atoms with E-state index in [0.717, 1.165) is 12.0 Å². The zero-order chi connectivity index (χ0) is 13.0. The summed E-state index contributed by atoms with van der Waals surface area (Å²) in [5.41, 5.74) is 1.02. The Balaban J connectivity index is 1.90. The number of amides is 2. The molecule has 1 N–H and O–H groups in total. The van der Waals surface area contributed by atoms with Crippen LogP contribution in [0.3, 0.4) is 0 Å². The predicted octanol–water partition coefficient (Wildman–Crippen LogP) is 0.824. The van der Waals surface area contributed by atoms with Gasteiger partial charge in [0.2, 0.25) is 11.8 Å². The Hall–Kier alpha value is -1.84. The van der Waals surface area contributed by atoms with Crippen molar-refractivity contribution in [3.63, 3.8) is 0 Å². The maximum atomic E-state index is 12.1. The Morgan fingerprint density at radius 2 is 2.06 bits per heavy atom. The third-order valence-corrected chi connectivity index (χ3v) is 3.36. The van der Waals surface area contributed by atoms with Crippen LogP contribution in [0.4, 0.5) is 0 Å². The molecule has 1 atom stereocenters. The number of carbonyl (C=O) groups is 2. The summed E-state index contributed by atoms with van der Waals surface area (Å²) in [6.45, 7) is 1.23. The molecule has 2 rings (SSSR count). The SMILES string of the molecule is CNC(=O)[C@@H]1CCN(C(=O)Cc2ccccc2)C1. The van der Waals surface area contributed by atoms with Crippen LogP contribution in [-0.2, 0) is 16.0 Å². The van der Waals surface area contributed by atoms with E-state index in [1.165, 1.54) is 0 Å². The maximum absolute atomic E-state index is 12.1. The van der Waals surface area contributed by atoms with E-state index in [-0.39, 0.29) is 17.7 Å². The van der Waals surface area contributed by atoms with E-state index in [1.54, 1.807) is 11.9 Å². The van der Waals surface area contributed by atoms with Gasteiger partial charge < -0.3 is 10.2 Å². The lowest BCUT2D eigenvalue weighted by Crippen LogP contribution is -2.33. The van der Waals surface area contributed by atoms with Crippen LogP contribution in [0.5, 0.6) is 0 Å². The minimum absolute atomic E-state index is 0.0324. The van der Waals surface area contributed by atoms with Gasteiger partial charge in [0.1, 0.15) is 0 Å². The topological polar surface area (TPSA) is 49.4 Å². The van der Waals surface area contributed by atoms with Gasteiger partial charge in [0, 0.05) is 20.1 Å². The molecule has 96 valence electrons. The highest BCUT2D eigenvalue weighted by molar-refractivity contribution is 5.82. The molecule has 1 aliphatic heterocycles. The van der Waals surface area contributed by atoms with Crippen molar-refractivity contribution in [3.8, 4) is 0 Å². The van der Waals surface area contributed by atoms with E-state index < -0.39 is 0 Å². The Kier molecular flexibility index (Phi) is 3.97. The molecule has 1 fully saturated rings. The zero-order valence-electron chi connectivity index (χ0n) is 10.6. The van der Waals surface area contributed by atoms with Crippen LogP contribution in [0.25, 0.3) is 0 Å². The van der Waals surface area contributed by atoms with E-state index in [1.807, 2.05) is 30.3 Å². The van der Waals surface area contributed by atoms with Gasteiger partial charge in [-0.05, 0) is 12.0 Å². The van der Waals surface area contributed by atoms with Crippen molar-refractivity contribution in [3.05, 3.63) is 35.9 Å². The molecule has 1 aromatic rings. The molecule has 1 heterocycles. The fraction of sp³-hybridized carbons (Fsp3) is 0.429. The third-order valence-electron chi connectivity index (χ3n) is 3.36. The lowest BCUT2D eigenvalue weighted by atomic mass is 10.1. The average Bonchev–Trinajstić information content (AvgIpc) is 2.88. The fourth-order valence-electron chi connectivity index (χ4n) is 2.29. The summed E-state index contributed by atoms with van der Waals surface area (Å²) >= 11 is 0. The molecular weight excluding hydrogens is 228 g/mol. The first-order valence-electron chi connectivity index (χ1n) is 6.24. The summed E-state index contributed by atoms with van der Waals surface area (Å²) in [5, 5.41) is 2.64. The van der Waals surface area contributed by atoms with Crippen LogP contribution in [-0.4, -0.2) is 36.9 Å². The highest BCUT2D eigenvalue weighted by Gasteiger charge is 2.30. The zero-order valence-corrected chi connectivity index (χ0v) is 10.6. The Bertz CT molecular complexity index is 431. The van der Waals surface area contributed by atoms with Crippen molar-refractivity contribution in [2.75, 3.05) is 20.1 Å². The van der Waals surface area contributed by atoms with Crippen molar-refractivity contribution < 1.29 is 9.59 Å². The molecule has 0 spiro atoms. The molecule has 1 aliphatic rings. The van der Waals surface area contributed by atoms with Crippen molar-refractivity contribution in [2.24, 2.45) is 5.92 Å². The highest BCUT2D eigenvalue weighted by atomic mass is 16.2. The molecule has 4 nitrogen and oxygen atoms in total. The highest BCUT2D eigenvalue weighted by Crippen LogP contribution is 2.17. The second-order valence-electron chi connectivity index (χ2n) is 4.60. The molecule has 0 aromatic heterocycles. The smallest absolute Gasteiger partial charge is 0.227 e. The molecular formula is C14H18N2O2. The quantitative estimate of drug-likeness (QED) is 0.858. The third kappa shape index (κ3) is 2.88. The summed E-state index contributed by atoms with van der Waals surface area (Å²) in [7, 11) is 1.64. The molecule has 4 heteroatoms. The molecule has 0 bridgehead atoms. The minimum Gasteiger partial charge on any atom is -0.359 e. The first-order valence-corrected chi connectivity index (χ1v) is 6.24. The normalized spacial score (nSPS) is 18.7. The first-order chi connectivity index (χ1) is 8.70. The molecule has 1 saturated heterocycles. The molecule has 0 saturated carbocycles. The molecule has 0 aliphatic carbocycles. The van der Waals surface area contributed by atoms with E-state index in [4.69, 9.17) is 0 Å². The Morgan fingerprint density at radius 1 is 1.33 bits per heavy atom. The fourth-order valence-corrected chi connectivity index (χ4v) is 2.29. The predicted molar refractivity (Wildman–Crippen MR) is 68.9 cm³/mol. The lowest BCUT2D eigenvalue weighted by molar-refractivity contribution is -0.130. The van der Waals surface area contributed by atoms with Crippen molar-refractivity contribution in [2.45, 2.75) is 12.8 Å². The van der Waals surface area contributed by atoms with Crippen molar-refractivity contribution in [1.82, 2.24) is 10.2 Å². The number of nitrogens with zero attached hydrogens (tertiary/aromatic N) is 1. The van der Waals surface area contributed by atoms with Crippen LogP contribution in [0.2, 0.25) is 0 Å². The summed E-state index contributed by atoms with van der Waals surface area (Å²) in [5.74, 6) is 0.0901. The summed E-state index contributed by atoms with van der Waals surface area (Å²) in [4.78, 5) is 25.3. The van der Waals surface area contributed by atoms with Gasteiger partial charge in [-0.2, -0.15) is 0 Å². The summed E-state index contributed by atoms with van der Waals surface area (Å²) in [6.07, 6.45) is 1.18. The van der Waals surface area contributed by atoms with Gasteiger partial charge in [-0.3, -0.25) is 9.59 Å². The van der Waals surface area contributed by atoms with Gasteiger partial charge in [-0.1, -0.05) is 30.3 Å². The van der Waals surface area contributed by atoms with Gasteiger partial charge >= 0.3 is 0 Å². The monoisotopic (exact) mass is 246 g/mol. The van der Waals surface area contributed by atoms with Gasteiger partial charge in [0.25, 0.3) is 0 Å². The second-order valence-corrected chi connectivity index (χ2v) is 4.60. The van der Waals surface area contributed by atoms with Gasteiger partial charge in [0.15, 0.2) is 0 Å². The van der Waals surface area contributed by atoms with Gasteiger partial charge in [-0.15, -0.1) is 0 Å². The number of hydrogen-bond acceptors (Lipinski definition) is 2. The Morgan fingerprint density at radius 3 is 2.72 bits per heavy atom. The van der Waals surface area contributed by atoms with Crippen LogP contribution in [0.15, 0.2) is 30.3 Å². The summed E-state index contributed by atoms with van der Waals surface area (Å²) < 4.78 is 0. The number of carbonyl (C=O) groups excluding carboxylic acids is 2. The maximum Gasteiger partial charge on any atom is 0.227 e. The average molecular weight is 246 g/mol. The standard InChI is InChI=1S/C14H18N2O2/c1-15-14(18)12-7-8-16(10-12)13(17)9-11-5-3-2-4-6-11/h2-6,12H,7-10H2,1H3,(H,15,18)/t12-/m1/s1. The number of likely N-dealkylation sites (tertiary alicyclic amines) is 1. The number of hydrogen-bond donors (Lipinski definition) is 1. The number of rotatable bonds is 3. The molecule has 18 heavy (non-hydrogen) atoms. The Labute approximate surface area is 107 Å². The minimum atomic E-state index is -0.0466. The van der Waals surface area contributed by atoms with Crippen LogP contribution in [0.1, 0.15) is 12.0 Å². The molecule has 2 amide bonds. The molecule has 1 aromatic carbocycles. The van der Waals surface area contributed by atoms with Crippen LogP contribution >= 0.6 is 0 Å². The molecule has 0 radical (unpaired) electrons. The second kappa shape index (κ2) is 5.67. The molecule has 0 unspecified atom stereocenters. The van der Waals surface area contributed by atoms with E-state index >= 15 is 0 Å². The van der Waals surface area contributed by atoms with E-state index in [9.17, 15) is 9.59 Å².